The van der Waals surface area contributed by atoms with Gasteiger partial charge in [-0.25, -0.2) is 0 Å². The largest absolute Gasteiger partial charge is 0.495 e. The Kier molecular flexibility index (Phi) is 11.5. The molecule has 1 unspecified atom stereocenters. The van der Waals surface area contributed by atoms with Crippen molar-refractivity contribution in [2.75, 3.05) is 24.4 Å². The van der Waals surface area contributed by atoms with Gasteiger partial charge >= 0.3 is 0 Å². The highest BCUT2D eigenvalue weighted by molar-refractivity contribution is 8.00. The third-order valence-corrected chi connectivity index (χ3v) is 7.63. The fourth-order valence-corrected chi connectivity index (χ4v) is 5.26. The number of amides is 3. The van der Waals surface area contributed by atoms with Crippen molar-refractivity contribution in [2.45, 2.75) is 24.0 Å². The standard InChI is InChI=1S/C34H32ClN3O5S/c1-4-43-30-16-9-8-13-24(30)19-29(38-33(40)23-11-6-5-7-12-23)34(41)37-25-14-10-15-27(20-25)44-22(2)32(39)36-26-17-18-31(42-3)28(35)21-26/h5-22H,4H2,1-3H3,(H,36,39)(H,37,41)(H,38,40)/b29-19+. The zero-order valence-corrected chi connectivity index (χ0v) is 26.0. The lowest BCUT2D eigenvalue weighted by Crippen LogP contribution is -2.30. The molecular formula is C34H32ClN3O5S. The van der Waals surface area contributed by atoms with E-state index >= 15 is 0 Å². The monoisotopic (exact) mass is 629 g/mol. The summed E-state index contributed by atoms with van der Waals surface area (Å²) in [5.41, 5.74) is 2.13. The average molecular weight is 630 g/mol. The van der Waals surface area contributed by atoms with Gasteiger partial charge in [-0.2, -0.15) is 0 Å². The van der Waals surface area contributed by atoms with Crippen LogP contribution in [0.1, 0.15) is 29.8 Å². The molecule has 0 aliphatic carbocycles. The molecular weight excluding hydrogens is 598 g/mol. The number of para-hydroxylation sites is 1. The van der Waals surface area contributed by atoms with Crippen LogP contribution in [-0.2, 0) is 9.59 Å². The molecule has 0 saturated heterocycles. The number of nitrogens with one attached hydrogen (secondary N) is 3. The van der Waals surface area contributed by atoms with Crippen LogP contribution in [0.25, 0.3) is 6.08 Å². The Labute approximate surface area is 265 Å². The van der Waals surface area contributed by atoms with Crippen molar-refractivity contribution < 1.29 is 23.9 Å². The number of methoxy groups -OCH3 is 1. The molecule has 0 aromatic heterocycles. The van der Waals surface area contributed by atoms with E-state index in [1.54, 1.807) is 85.8 Å². The van der Waals surface area contributed by atoms with Crippen molar-refractivity contribution >= 4 is 58.5 Å². The molecule has 0 radical (unpaired) electrons. The number of thioether (sulfide) groups is 1. The fourth-order valence-electron chi connectivity index (χ4n) is 4.08. The van der Waals surface area contributed by atoms with Crippen LogP contribution in [-0.4, -0.2) is 36.7 Å². The number of hydrogen-bond acceptors (Lipinski definition) is 6. The molecule has 1 atom stereocenters. The molecule has 4 aromatic rings. The Morgan fingerprint density at radius 3 is 2.32 bits per heavy atom. The van der Waals surface area contributed by atoms with Crippen molar-refractivity contribution in [2.24, 2.45) is 0 Å². The number of anilines is 2. The van der Waals surface area contributed by atoms with E-state index in [2.05, 4.69) is 16.0 Å². The van der Waals surface area contributed by atoms with Crippen molar-refractivity contribution in [3.05, 3.63) is 119 Å². The van der Waals surface area contributed by atoms with Crippen molar-refractivity contribution in [3.63, 3.8) is 0 Å². The van der Waals surface area contributed by atoms with Gasteiger partial charge < -0.3 is 25.4 Å². The van der Waals surface area contributed by atoms with Crippen LogP contribution in [0.4, 0.5) is 11.4 Å². The molecule has 0 heterocycles. The number of rotatable bonds is 12. The van der Waals surface area contributed by atoms with Gasteiger partial charge in [0, 0.05) is 27.4 Å². The third kappa shape index (κ3) is 8.89. The minimum Gasteiger partial charge on any atom is -0.495 e. The summed E-state index contributed by atoms with van der Waals surface area (Å²) in [6, 6.07) is 28.0. The Morgan fingerprint density at radius 1 is 0.864 bits per heavy atom. The molecule has 226 valence electrons. The first kappa shape index (κ1) is 32.2. The smallest absolute Gasteiger partial charge is 0.272 e. The summed E-state index contributed by atoms with van der Waals surface area (Å²) < 4.78 is 10.9. The van der Waals surface area contributed by atoms with Crippen LogP contribution in [0.2, 0.25) is 5.02 Å². The maximum absolute atomic E-state index is 13.5. The molecule has 3 amide bonds. The van der Waals surface area contributed by atoms with Gasteiger partial charge in [-0.05, 0) is 74.5 Å². The van der Waals surface area contributed by atoms with E-state index < -0.39 is 17.1 Å². The van der Waals surface area contributed by atoms with E-state index in [4.69, 9.17) is 21.1 Å². The first-order valence-electron chi connectivity index (χ1n) is 13.8. The molecule has 0 fully saturated rings. The first-order chi connectivity index (χ1) is 21.3. The molecule has 4 rings (SSSR count). The topological polar surface area (TPSA) is 106 Å². The highest BCUT2D eigenvalue weighted by Gasteiger charge is 2.18. The van der Waals surface area contributed by atoms with E-state index in [1.807, 2.05) is 31.2 Å². The Balaban J connectivity index is 1.50. The summed E-state index contributed by atoms with van der Waals surface area (Å²) in [6.07, 6.45) is 1.58. The SMILES string of the molecule is CCOc1ccccc1/C=C(/NC(=O)c1ccccc1)C(=O)Nc1cccc(SC(C)C(=O)Nc2ccc(OC)c(Cl)c2)c1. The second-order valence-electron chi connectivity index (χ2n) is 9.43. The zero-order valence-electron chi connectivity index (χ0n) is 24.4. The van der Waals surface area contributed by atoms with Crippen LogP contribution in [0.15, 0.2) is 108 Å². The van der Waals surface area contributed by atoms with E-state index in [0.717, 1.165) is 4.90 Å². The zero-order chi connectivity index (χ0) is 31.5. The molecule has 0 aliphatic heterocycles. The molecule has 0 aliphatic rings. The van der Waals surface area contributed by atoms with Gasteiger partial charge in [-0.1, -0.05) is 54.1 Å². The van der Waals surface area contributed by atoms with E-state index in [1.165, 1.54) is 18.9 Å². The second-order valence-corrected chi connectivity index (χ2v) is 11.3. The summed E-state index contributed by atoms with van der Waals surface area (Å²) in [4.78, 5) is 40.2. The van der Waals surface area contributed by atoms with Gasteiger partial charge in [0.25, 0.3) is 11.8 Å². The van der Waals surface area contributed by atoms with Crippen molar-refractivity contribution in [3.8, 4) is 11.5 Å². The number of ether oxygens (including phenoxy) is 2. The lowest BCUT2D eigenvalue weighted by atomic mass is 10.1. The van der Waals surface area contributed by atoms with Gasteiger partial charge in [0.1, 0.15) is 17.2 Å². The summed E-state index contributed by atoms with van der Waals surface area (Å²) in [7, 11) is 1.52. The summed E-state index contributed by atoms with van der Waals surface area (Å²) in [6.45, 7) is 4.10. The maximum atomic E-state index is 13.5. The average Bonchev–Trinajstić information content (AvgIpc) is 3.02. The Bertz CT molecular complexity index is 1660. The van der Waals surface area contributed by atoms with Crippen LogP contribution >= 0.6 is 23.4 Å². The number of halogens is 1. The number of carbonyl (C=O) groups excluding carboxylic acids is 3. The molecule has 4 aromatic carbocycles. The van der Waals surface area contributed by atoms with Gasteiger partial charge in [0.05, 0.1) is 24.0 Å². The van der Waals surface area contributed by atoms with Crippen LogP contribution < -0.4 is 25.4 Å². The van der Waals surface area contributed by atoms with Crippen molar-refractivity contribution in [1.29, 1.82) is 0 Å². The van der Waals surface area contributed by atoms with Crippen LogP contribution in [0, 0.1) is 0 Å². The van der Waals surface area contributed by atoms with Crippen LogP contribution in [0.3, 0.4) is 0 Å². The van der Waals surface area contributed by atoms with E-state index in [0.29, 0.717) is 45.6 Å². The molecule has 8 nitrogen and oxygen atoms in total. The maximum Gasteiger partial charge on any atom is 0.272 e. The highest BCUT2D eigenvalue weighted by atomic mass is 35.5. The highest BCUT2D eigenvalue weighted by Crippen LogP contribution is 2.30. The predicted octanol–water partition coefficient (Wildman–Crippen LogP) is 7.28. The van der Waals surface area contributed by atoms with Gasteiger partial charge in [-0.15, -0.1) is 11.8 Å². The quantitative estimate of drug-likeness (QED) is 0.112. The molecule has 3 N–H and O–H groups in total. The minimum atomic E-state index is -0.523. The number of hydrogen-bond donors (Lipinski definition) is 3. The normalized spacial score (nSPS) is 11.7. The Morgan fingerprint density at radius 2 is 1.59 bits per heavy atom. The number of carbonyl (C=O) groups is 3. The van der Waals surface area contributed by atoms with Gasteiger partial charge in [-0.3, -0.25) is 14.4 Å². The third-order valence-electron chi connectivity index (χ3n) is 6.24. The Hall–Kier alpha value is -4.73. The van der Waals surface area contributed by atoms with Gasteiger partial charge in [0.2, 0.25) is 5.91 Å². The summed E-state index contributed by atoms with van der Waals surface area (Å²) in [5, 5.41) is 8.40. The molecule has 0 saturated carbocycles. The van der Waals surface area contributed by atoms with E-state index in [-0.39, 0.29) is 11.6 Å². The summed E-state index contributed by atoms with van der Waals surface area (Å²) in [5.74, 6) is -0.0699. The molecule has 0 spiro atoms. The second kappa shape index (κ2) is 15.7. The van der Waals surface area contributed by atoms with Crippen LogP contribution in [0.5, 0.6) is 11.5 Å². The molecule has 44 heavy (non-hydrogen) atoms. The first-order valence-corrected chi connectivity index (χ1v) is 15.1. The fraction of sp³-hybridized carbons (Fsp3) is 0.147. The van der Waals surface area contributed by atoms with Crippen molar-refractivity contribution in [1.82, 2.24) is 5.32 Å². The molecule has 10 heteroatoms. The lowest BCUT2D eigenvalue weighted by Gasteiger charge is -2.15. The van der Waals surface area contributed by atoms with Gasteiger partial charge in [0.15, 0.2) is 0 Å². The summed E-state index contributed by atoms with van der Waals surface area (Å²) >= 11 is 7.51. The minimum absolute atomic E-state index is 0.0370. The lowest BCUT2D eigenvalue weighted by molar-refractivity contribution is -0.115. The number of benzene rings is 4. The predicted molar refractivity (Wildman–Crippen MR) is 177 cm³/mol. The molecule has 0 bridgehead atoms. The van der Waals surface area contributed by atoms with E-state index in [9.17, 15) is 14.4 Å².